The van der Waals surface area contributed by atoms with Gasteiger partial charge in [0.1, 0.15) is 0 Å². The molecule has 5 nitrogen and oxygen atoms in total. The fourth-order valence-electron chi connectivity index (χ4n) is 1.80. The van der Waals surface area contributed by atoms with Crippen LogP contribution < -0.4 is 20.1 Å². The van der Waals surface area contributed by atoms with Crippen molar-refractivity contribution in [2.45, 2.75) is 39.8 Å². The summed E-state index contributed by atoms with van der Waals surface area (Å²) in [6, 6.07) is 6.27. The zero-order chi connectivity index (χ0) is 15.7. The number of ether oxygens (including phenoxy) is 2. The van der Waals surface area contributed by atoms with Crippen LogP contribution in [0.25, 0.3) is 0 Å². The minimum atomic E-state index is -0.00535. The first-order valence-corrected chi connectivity index (χ1v) is 7.36. The molecule has 1 aromatic carbocycles. The fraction of sp³-hybridized carbons (Fsp3) is 0.562. The topological polar surface area (TPSA) is 59.6 Å². The number of hydrogen-bond donors (Lipinski definition) is 2. The van der Waals surface area contributed by atoms with Gasteiger partial charge in [-0.3, -0.25) is 4.79 Å². The molecular formula is C16H26N2O3. The second-order valence-corrected chi connectivity index (χ2v) is 5.07. The Morgan fingerprint density at radius 1 is 1.29 bits per heavy atom. The van der Waals surface area contributed by atoms with E-state index in [1.807, 2.05) is 25.1 Å². The van der Waals surface area contributed by atoms with Crippen LogP contribution in [0.4, 0.5) is 0 Å². The van der Waals surface area contributed by atoms with E-state index in [1.54, 1.807) is 7.11 Å². The van der Waals surface area contributed by atoms with Crippen molar-refractivity contribution in [1.29, 1.82) is 0 Å². The maximum Gasteiger partial charge on any atom is 0.223 e. The van der Waals surface area contributed by atoms with Crippen molar-refractivity contribution in [3.63, 3.8) is 0 Å². The zero-order valence-corrected chi connectivity index (χ0v) is 13.4. The van der Waals surface area contributed by atoms with Crippen molar-refractivity contribution in [2.75, 3.05) is 20.3 Å². The van der Waals surface area contributed by atoms with Crippen molar-refractivity contribution in [3.05, 3.63) is 23.8 Å². The van der Waals surface area contributed by atoms with Crippen LogP contribution in [0.3, 0.4) is 0 Å². The van der Waals surface area contributed by atoms with Crippen molar-refractivity contribution in [3.8, 4) is 11.5 Å². The smallest absolute Gasteiger partial charge is 0.223 e. The maximum absolute atomic E-state index is 11.4. The quantitative estimate of drug-likeness (QED) is 0.732. The van der Waals surface area contributed by atoms with Gasteiger partial charge in [0, 0.05) is 19.1 Å². The lowest BCUT2D eigenvalue weighted by Crippen LogP contribution is -2.24. The number of carbonyl (C=O) groups is 1. The first kappa shape index (κ1) is 17.3. The molecule has 0 saturated heterocycles. The summed E-state index contributed by atoms with van der Waals surface area (Å²) in [5.74, 6) is 1.35. The highest BCUT2D eigenvalue weighted by Gasteiger charge is 2.07. The Kier molecular flexibility index (Phi) is 7.61. The van der Waals surface area contributed by atoms with Crippen LogP contribution in [0.2, 0.25) is 0 Å². The number of hydrogen-bond acceptors (Lipinski definition) is 4. The van der Waals surface area contributed by atoms with Gasteiger partial charge in [0.15, 0.2) is 11.5 Å². The largest absolute Gasteiger partial charge is 0.493 e. The van der Waals surface area contributed by atoms with Gasteiger partial charge in [-0.25, -0.2) is 0 Å². The molecule has 0 aliphatic rings. The van der Waals surface area contributed by atoms with Crippen LogP contribution in [0.15, 0.2) is 18.2 Å². The fourth-order valence-corrected chi connectivity index (χ4v) is 1.80. The summed E-state index contributed by atoms with van der Waals surface area (Å²) in [6.45, 7) is 7.87. The number of benzene rings is 1. The van der Waals surface area contributed by atoms with Crippen molar-refractivity contribution in [1.82, 2.24) is 10.6 Å². The summed E-state index contributed by atoms with van der Waals surface area (Å²) in [5.41, 5.74) is 1.14. The summed E-state index contributed by atoms with van der Waals surface area (Å²) >= 11 is 0. The molecule has 0 aliphatic heterocycles. The molecule has 1 rings (SSSR count). The van der Waals surface area contributed by atoms with E-state index in [9.17, 15) is 4.79 Å². The average molecular weight is 294 g/mol. The van der Waals surface area contributed by atoms with Gasteiger partial charge in [-0.1, -0.05) is 19.9 Å². The third-order valence-electron chi connectivity index (χ3n) is 2.90. The highest BCUT2D eigenvalue weighted by molar-refractivity contribution is 5.75. The van der Waals surface area contributed by atoms with E-state index in [-0.39, 0.29) is 5.91 Å². The van der Waals surface area contributed by atoms with E-state index in [0.29, 0.717) is 37.1 Å². The molecule has 0 atom stereocenters. The molecule has 118 valence electrons. The van der Waals surface area contributed by atoms with Crippen LogP contribution in [0.5, 0.6) is 11.5 Å². The molecular weight excluding hydrogens is 268 g/mol. The van der Waals surface area contributed by atoms with Crippen molar-refractivity contribution in [2.24, 2.45) is 0 Å². The highest BCUT2D eigenvalue weighted by atomic mass is 16.5. The molecule has 0 spiro atoms. The summed E-state index contributed by atoms with van der Waals surface area (Å²) in [4.78, 5) is 11.4. The number of carbonyl (C=O) groups excluding carboxylic acids is 1. The van der Waals surface area contributed by atoms with Crippen LogP contribution in [0.1, 0.15) is 32.8 Å². The van der Waals surface area contributed by atoms with Gasteiger partial charge in [-0.2, -0.15) is 0 Å². The van der Waals surface area contributed by atoms with E-state index in [0.717, 1.165) is 12.1 Å². The molecule has 0 bridgehead atoms. The zero-order valence-electron chi connectivity index (χ0n) is 13.4. The predicted octanol–water partition coefficient (Wildman–Crippen LogP) is 2.10. The molecule has 0 radical (unpaired) electrons. The average Bonchev–Trinajstić information content (AvgIpc) is 2.46. The van der Waals surface area contributed by atoms with Gasteiger partial charge >= 0.3 is 0 Å². The molecule has 21 heavy (non-hydrogen) atoms. The third-order valence-corrected chi connectivity index (χ3v) is 2.90. The molecule has 0 aliphatic carbocycles. The molecule has 2 N–H and O–H groups in total. The van der Waals surface area contributed by atoms with Crippen LogP contribution in [0, 0.1) is 0 Å². The number of methoxy groups -OCH3 is 1. The maximum atomic E-state index is 11.4. The third kappa shape index (κ3) is 6.49. The predicted molar refractivity (Wildman–Crippen MR) is 83.8 cm³/mol. The minimum Gasteiger partial charge on any atom is -0.493 e. The minimum absolute atomic E-state index is 0.00535. The lowest BCUT2D eigenvalue weighted by atomic mass is 10.2. The number of amides is 1. The van der Waals surface area contributed by atoms with Gasteiger partial charge in [0.2, 0.25) is 5.91 Å². The lowest BCUT2D eigenvalue weighted by molar-refractivity contribution is -0.121. The first-order chi connectivity index (χ1) is 10.1. The molecule has 1 amide bonds. The van der Waals surface area contributed by atoms with E-state index in [2.05, 4.69) is 24.5 Å². The van der Waals surface area contributed by atoms with Gasteiger partial charge in [0.05, 0.1) is 20.1 Å². The first-order valence-electron chi connectivity index (χ1n) is 7.36. The SMILES string of the molecule is CCNC(=O)CCOc1ccc(CNC(C)C)cc1OC. The summed E-state index contributed by atoms with van der Waals surface area (Å²) in [7, 11) is 1.62. The summed E-state index contributed by atoms with van der Waals surface area (Å²) in [6.07, 6.45) is 0.341. The van der Waals surface area contributed by atoms with Gasteiger partial charge < -0.3 is 20.1 Å². The summed E-state index contributed by atoms with van der Waals surface area (Å²) < 4.78 is 11.0. The highest BCUT2D eigenvalue weighted by Crippen LogP contribution is 2.28. The number of rotatable bonds is 9. The van der Waals surface area contributed by atoms with E-state index < -0.39 is 0 Å². The van der Waals surface area contributed by atoms with E-state index in [1.165, 1.54) is 0 Å². The normalized spacial score (nSPS) is 10.5. The molecule has 0 unspecified atom stereocenters. The number of nitrogens with one attached hydrogen (secondary N) is 2. The summed E-state index contributed by atoms with van der Waals surface area (Å²) in [5, 5.41) is 6.09. The molecule has 0 saturated carbocycles. The molecule has 0 heterocycles. The molecule has 1 aromatic rings. The monoisotopic (exact) mass is 294 g/mol. The van der Waals surface area contributed by atoms with Gasteiger partial charge in [0.25, 0.3) is 0 Å². The lowest BCUT2D eigenvalue weighted by Gasteiger charge is -2.13. The Morgan fingerprint density at radius 2 is 2.05 bits per heavy atom. The standard InChI is InChI=1S/C16H26N2O3/c1-5-17-16(19)8-9-21-14-7-6-13(10-15(14)20-4)11-18-12(2)3/h6-7,10,12,18H,5,8-9,11H2,1-4H3,(H,17,19). The molecule has 5 heteroatoms. The van der Waals surface area contributed by atoms with Crippen molar-refractivity contribution < 1.29 is 14.3 Å². The van der Waals surface area contributed by atoms with Crippen LogP contribution in [-0.2, 0) is 11.3 Å². The Bertz CT molecular complexity index is 447. The van der Waals surface area contributed by atoms with Crippen LogP contribution in [-0.4, -0.2) is 32.2 Å². The van der Waals surface area contributed by atoms with E-state index >= 15 is 0 Å². The molecule has 0 fully saturated rings. The Balaban J connectivity index is 2.56. The Labute approximate surface area is 127 Å². The Morgan fingerprint density at radius 3 is 2.67 bits per heavy atom. The van der Waals surface area contributed by atoms with E-state index in [4.69, 9.17) is 9.47 Å². The van der Waals surface area contributed by atoms with Crippen molar-refractivity contribution >= 4 is 5.91 Å². The Hall–Kier alpha value is -1.75. The second-order valence-electron chi connectivity index (χ2n) is 5.07. The van der Waals surface area contributed by atoms with Gasteiger partial charge in [-0.05, 0) is 24.6 Å². The molecule has 0 aromatic heterocycles. The van der Waals surface area contributed by atoms with Gasteiger partial charge in [-0.15, -0.1) is 0 Å². The second kappa shape index (κ2) is 9.23. The van der Waals surface area contributed by atoms with Crippen LogP contribution >= 0.6 is 0 Å².